The van der Waals surface area contributed by atoms with Gasteiger partial charge < -0.3 is 0 Å². The van der Waals surface area contributed by atoms with Crippen LogP contribution in [0.4, 0.5) is 0 Å². The Bertz CT molecular complexity index is 908. The van der Waals surface area contributed by atoms with Gasteiger partial charge in [0.15, 0.2) is 0 Å². The van der Waals surface area contributed by atoms with Gasteiger partial charge in [0.25, 0.3) is 0 Å². The van der Waals surface area contributed by atoms with E-state index < -0.39 is 0 Å². The fourth-order valence-electron chi connectivity index (χ4n) is 6.09. The van der Waals surface area contributed by atoms with Crippen LogP contribution in [0.1, 0.15) is 101 Å². The van der Waals surface area contributed by atoms with Gasteiger partial charge in [0, 0.05) is 0 Å². The summed E-state index contributed by atoms with van der Waals surface area (Å²) in [4.78, 5) is 0. The molecule has 0 amide bonds. The quantitative estimate of drug-likeness (QED) is 0.287. The van der Waals surface area contributed by atoms with E-state index in [1.807, 2.05) is 0 Å². The number of rotatable bonds is 9. The zero-order valence-corrected chi connectivity index (χ0v) is 23.9. The fourth-order valence-corrected chi connectivity index (χ4v) is 9.19. The molecule has 3 heteroatoms. The minimum absolute atomic E-state index is 0.405. The summed E-state index contributed by atoms with van der Waals surface area (Å²) in [5.41, 5.74) is 5.34. The predicted octanol–water partition coefficient (Wildman–Crippen LogP) is 5.58. The molecule has 2 fully saturated rings. The van der Waals surface area contributed by atoms with Crippen molar-refractivity contribution in [2.24, 2.45) is 5.92 Å². The monoisotopic (exact) mass is 575 g/mol. The van der Waals surface area contributed by atoms with Crippen molar-refractivity contribution < 1.29 is 30.7 Å². The molecule has 0 spiro atoms. The number of hydrogen-bond acceptors (Lipinski definition) is 2. The van der Waals surface area contributed by atoms with E-state index >= 15 is 0 Å². The second kappa shape index (κ2) is 12.6. The van der Waals surface area contributed by atoms with Crippen LogP contribution in [0.3, 0.4) is 0 Å². The Hall–Kier alpha value is -1.23. The van der Waals surface area contributed by atoms with Crippen LogP contribution in [-0.4, -0.2) is 22.6 Å². The molecule has 0 heterocycles. The maximum absolute atomic E-state index is 5.87. The molecule has 2 aliphatic carbocycles. The molecule has 0 aliphatic heterocycles. The summed E-state index contributed by atoms with van der Waals surface area (Å²) in [6.45, 7) is 4.68. The first-order valence-electron chi connectivity index (χ1n) is 13.6. The first-order valence-corrected chi connectivity index (χ1v) is 16.4. The van der Waals surface area contributed by atoms with E-state index in [0.29, 0.717) is 33.0 Å². The van der Waals surface area contributed by atoms with Crippen molar-refractivity contribution in [1.29, 1.82) is 0 Å². The van der Waals surface area contributed by atoms with Crippen LogP contribution in [0.2, 0.25) is 0 Å². The fraction of sp³-hybridized carbons (Fsp3) is 0.613. The molecule has 4 rings (SSSR count). The van der Waals surface area contributed by atoms with Crippen LogP contribution in [-0.2, 0) is 0 Å². The molecular formula is C31H44IO2-. The number of halogens is 1. The molecule has 0 atom stereocenters. The van der Waals surface area contributed by atoms with E-state index in [4.69, 9.17) is 9.47 Å². The molecule has 0 unspecified atom stereocenters. The Morgan fingerprint density at radius 3 is 1.65 bits per heavy atom. The van der Waals surface area contributed by atoms with E-state index in [-0.39, 0.29) is 0 Å². The van der Waals surface area contributed by atoms with Gasteiger partial charge in [0.1, 0.15) is 0 Å². The van der Waals surface area contributed by atoms with Gasteiger partial charge in [0.05, 0.1) is 0 Å². The van der Waals surface area contributed by atoms with E-state index in [0.717, 1.165) is 21.3 Å². The second-order valence-electron chi connectivity index (χ2n) is 10.3. The third kappa shape index (κ3) is 6.12. The van der Waals surface area contributed by atoms with Crippen LogP contribution in [0.15, 0.2) is 36.4 Å². The van der Waals surface area contributed by atoms with Crippen molar-refractivity contribution in [2.75, 3.05) is 18.6 Å². The SMILES string of the molecule is CCC[I-]C1CCC(c2ccc(OC)c(-c3cc(C4CCC(CC)CC4)ccc3OC)c2)CC1. The van der Waals surface area contributed by atoms with Gasteiger partial charge in [-0.05, 0) is 18.8 Å². The summed E-state index contributed by atoms with van der Waals surface area (Å²) in [6, 6.07) is 13.8. The molecule has 2 saturated carbocycles. The van der Waals surface area contributed by atoms with Crippen LogP contribution in [0.25, 0.3) is 11.1 Å². The van der Waals surface area contributed by atoms with Crippen LogP contribution in [0.5, 0.6) is 11.5 Å². The van der Waals surface area contributed by atoms with Crippen molar-refractivity contribution in [2.45, 2.75) is 93.8 Å². The molecular weight excluding hydrogens is 531 g/mol. The third-order valence-corrected chi connectivity index (χ3v) is 12.5. The van der Waals surface area contributed by atoms with Gasteiger partial charge in [-0.2, -0.15) is 0 Å². The Kier molecular flexibility index (Phi) is 9.62. The number of methoxy groups -OCH3 is 2. The maximum atomic E-state index is 5.87. The average molecular weight is 576 g/mol. The number of ether oxygens (including phenoxy) is 2. The summed E-state index contributed by atoms with van der Waals surface area (Å²) in [7, 11) is 3.59. The molecule has 2 nitrogen and oxygen atoms in total. The Labute approximate surface area is 218 Å². The Balaban J connectivity index is 1.59. The van der Waals surface area contributed by atoms with E-state index in [1.54, 1.807) is 14.2 Å². The number of hydrogen-bond donors (Lipinski definition) is 0. The zero-order chi connectivity index (χ0) is 23.9. The zero-order valence-electron chi connectivity index (χ0n) is 21.7. The van der Waals surface area contributed by atoms with Crippen molar-refractivity contribution >= 4 is 0 Å². The van der Waals surface area contributed by atoms with Gasteiger partial charge >= 0.3 is 187 Å². The molecule has 2 aromatic rings. The molecule has 34 heavy (non-hydrogen) atoms. The van der Waals surface area contributed by atoms with Gasteiger partial charge in [-0.3, -0.25) is 0 Å². The summed E-state index contributed by atoms with van der Waals surface area (Å²) in [5.74, 6) is 4.18. The minimum atomic E-state index is 0.405. The van der Waals surface area contributed by atoms with Crippen molar-refractivity contribution in [3.8, 4) is 22.6 Å². The topological polar surface area (TPSA) is 18.5 Å². The van der Waals surface area contributed by atoms with Crippen molar-refractivity contribution in [3.05, 3.63) is 47.5 Å². The Morgan fingerprint density at radius 1 is 0.706 bits per heavy atom. The summed E-state index contributed by atoms with van der Waals surface area (Å²) < 4.78 is 14.3. The van der Waals surface area contributed by atoms with Gasteiger partial charge in [-0.15, -0.1) is 0 Å². The third-order valence-electron chi connectivity index (χ3n) is 8.28. The average Bonchev–Trinajstić information content (AvgIpc) is 2.91. The molecule has 0 bridgehead atoms. The Morgan fingerprint density at radius 2 is 1.21 bits per heavy atom. The van der Waals surface area contributed by atoms with Gasteiger partial charge in [-0.1, -0.05) is 13.3 Å². The second-order valence-corrected chi connectivity index (χ2v) is 14.1. The number of alkyl halides is 2. The van der Waals surface area contributed by atoms with Crippen molar-refractivity contribution in [3.63, 3.8) is 0 Å². The summed E-state index contributed by atoms with van der Waals surface area (Å²) in [5, 5.41) is 0. The molecule has 0 saturated heterocycles. The molecule has 0 radical (unpaired) electrons. The number of benzene rings is 2. The first-order chi connectivity index (χ1) is 16.7. The summed E-state index contributed by atoms with van der Waals surface area (Å²) >= 11 is 0.405. The molecule has 2 aliphatic rings. The van der Waals surface area contributed by atoms with Gasteiger partial charge in [0.2, 0.25) is 0 Å². The molecule has 0 N–H and O–H groups in total. The standard InChI is InChI=1S/C31H44IO2/c1-5-19-32-27-15-11-24(12-16-27)26-14-18-31(34-4)29(21-26)28-20-25(13-17-30(28)33-3)23-9-7-22(6-2)8-10-23/h13-14,17-18,20-24,27H,5-12,15-16,19H2,1-4H3/q-1. The van der Waals surface area contributed by atoms with E-state index in [9.17, 15) is 0 Å². The molecule has 188 valence electrons. The molecule has 0 aromatic heterocycles. The van der Waals surface area contributed by atoms with E-state index in [2.05, 4.69) is 50.2 Å². The summed E-state index contributed by atoms with van der Waals surface area (Å²) in [6.07, 6.45) is 13.6. The normalized spacial score (nSPS) is 25.3. The van der Waals surface area contributed by atoms with Crippen molar-refractivity contribution in [1.82, 2.24) is 0 Å². The van der Waals surface area contributed by atoms with E-state index in [1.165, 1.54) is 90.9 Å². The van der Waals surface area contributed by atoms with Crippen LogP contribution >= 0.6 is 0 Å². The van der Waals surface area contributed by atoms with Crippen LogP contribution < -0.4 is 30.7 Å². The predicted molar refractivity (Wildman–Crippen MR) is 140 cm³/mol. The first kappa shape index (κ1) is 25.9. The molecule has 2 aromatic carbocycles. The van der Waals surface area contributed by atoms with Gasteiger partial charge in [-0.25, -0.2) is 0 Å². The van der Waals surface area contributed by atoms with Crippen LogP contribution in [0, 0.1) is 5.92 Å².